The highest BCUT2D eigenvalue weighted by Gasteiger charge is 2.18. The molecule has 1 radical (unpaired) electrons. The first kappa shape index (κ1) is 12.3. The van der Waals surface area contributed by atoms with Crippen molar-refractivity contribution < 1.29 is 4.74 Å². The molecule has 2 rings (SSSR count). The third-order valence-electron chi connectivity index (χ3n) is 3.95. The van der Waals surface area contributed by atoms with Gasteiger partial charge < -0.3 is 9.64 Å². The molecule has 0 N–H and O–H groups in total. The molecule has 2 heterocycles. The molecule has 3 nitrogen and oxygen atoms in total. The van der Waals surface area contributed by atoms with Gasteiger partial charge in [0.1, 0.15) is 0 Å². The minimum Gasteiger partial charge on any atom is -0.379 e. The van der Waals surface area contributed by atoms with Gasteiger partial charge in [0, 0.05) is 26.2 Å². The molecule has 0 saturated carbocycles. The number of rotatable bonds is 4. The molecule has 0 aromatic heterocycles. The molecule has 0 unspecified atom stereocenters. The summed E-state index contributed by atoms with van der Waals surface area (Å²) < 4.78 is 5.36. The van der Waals surface area contributed by atoms with E-state index in [1.807, 2.05) is 0 Å². The summed E-state index contributed by atoms with van der Waals surface area (Å²) >= 11 is 0. The number of morpholine rings is 1. The summed E-state index contributed by atoms with van der Waals surface area (Å²) in [6.07, 6.45) is 3.83. The van der Waals surface area contributed by atoms with Gasteiger partial charge in [-0.05, 0) is 31.8 Å². The molecular formula is C13H25N2O. The van der Waals surface area contributed by atoms with E-state index in [1.165, 1.54) is 39.0 Å². The van der Waals surface area contributed by atoms with E-state index in [4.69, 9.17) is 4.74 Å². The van der Waals surface area contributed by atoms with Gasteiger partial charge in [0.2, 0.25) is 0 Å². The van der Waals surface area contributed by atoms with Crippen LogP contribution >= 0.6 is 0 Å². The zero-order chi connectivity index (χ0) is 11.2. The molecule has 0 aromatic carbocycles. The lowest BCUT2D eigenvalue weighted by Gasteiger charge is -2.34. The number of ether oxygens (including phenoxy) is 1. The highest BCUT2D eigenvalue weighted by Crippen LogP contribution is 2.19. The predicted molar refractivity (Wildman–Crippen MR) is 66.4 cm³/mol. The van der Waals surface area contributed by atoms with Crippen molar-refractivity contribution in [1.82, 2.24) is 9.80 Å². The summed E-state index contributed by atoms with van der Waals surface area (Å²) in [5, 5.41) is 0. The Morgan fingerprint density at radius 1 is 0.938 bits per heavy atom. The second-order valence-corrected chi connectivity index (χ2v) is 5.03. The van der Waals surface area contributed by atoms with E-state index in [0.717, 1.165) is 38.6 Å². The molecule has 0 aromatic rings. The fraction of sp³-hybridized carbons (Fsp3) is 0.923. The van der Waals surface area contributed by atoms with E-state index in [0.29, 0.717) is 0 Å². The minimum absolute atomic E-state index is 0.889. The molecule has 0 bridgehead atoms. The third kappa shape index (κ3) is 3.72. The fourth-order valence-corrected chi connectivity index (χ4v) is 2.61. The number of likely N-dealkylation sites (tertiary alicyclic amines) is 1. The number of hydrogen-bond donors (Lipinski definition) is 0. The Balaban J connectivity index is 1.59. The van der Waals surface area contributed by atoms with Crippen LogP contribution in [0.2, 0.25) is 0 Å². The molecule has 0 spiro atoms. The topological polar surface area (TPSA) is 15.7 Å². The maximum Gasteiger partial charge on any atom is 0.0594 e. The van der Waals surface area contributed by atoms with Crippen molar-refractivity contribution >= 4 is 0 Å². The first-order valence-corrected chi connectivity index (χ1v) is 6.70. The molecule has 2 aliphatic rings. The Kier molecular flexibility index (Phi) is 5.07. The molecule has 3 heteroatoms. The second kappa shape index (κ2) is 6.58. The van der Waals surface area contributed by atoms with Crippen molar-refractivity contribution in [2.45, 2.75) is 19.3 Å². The van der Waals surface area contributed by atoms with E-state index >= 15 is 0 Å². The lowest BCUT2D eigenvalue weighted by Crippen LogP contribution is -2.43. The van der Waals surface area contributed by atoms with Crippen molar-refractivity contribution in [2.24, 2.45) is 5.92 Å². The summed E-state index contributed by atoms with van der Waals surface area (Å²) in [4.78, 5) is 5.14. The van der Waals surface area contributed by atoms with Gasteiger partial charge in [0.25, 0.3) is 0 Å². The van der Waals surface area contributed by atoms with Gasteiger partial charge in [-0.3, -0.25) is 4.90 Å². The van der Waals surface area contributed by atoms with Crippen LogP contribution in [0.15, 0.2) is 0 Å². The van der Waals surface area contributed by atoms with Crippen LogP contribution in [0.3, 0.4) is 0 Å². The zero-order valence-electron chi connectivity index (χ0n) is 10.4. The van der Waals surface area contributed by atoms with Crippen molar-refractivity contribution in [1.29, 1.82) is 0 Å². The van der Waals surface area contributed by atoms with E-state index < -0.39 is 0 Å². The fourth-order valence-electron chi connectivity index (χ4n) is 2.61. The van der Waals surface area contributed by atoms with Crippen LogP contribution in [-0.2, 0) is 4.74 Å². The Hall–Kier alpha value is -0.120. The lowest BCUT2D eigenvalue weighted by atomic mass is 9.94. The van der Waals surface area contributed by atoms with E-state index in [1.54, 1.807) is 0 Å². The molecular weight excluding hydrogens is 200 g/mol. The van der Waals surface area contributed by atoms with Crippen molar-refractivity contribution in [3.05, 3.63) is 6.92 Å². The number of hydrogen-bond acceptors (Lipinski definition) is 3. The maximum atomic E-state index is 5.36. The smallest absolute Gasteiger partial charge is 0.0594 e. The average molecular weight is 225 g/mol. The summed E-state index contributed by atoms with van der Waals surface area (Å²) in [5.74, 6) is 0.889. The van der Waals surface area contributed by atoms with Gasteiger partial charge in [-0.25, -0.2) is 0 Å². The van der Waals surface area contributed by atoms with Crippen LogP contribution in [0.5, 0.6) is 0 Å². The Morgan fingerprint density at radius 2 is 1.50 bits per heavy atom. The Morgan fingerprint density at radius 3 is 2.06 bits per heavy atom. The van der Waals surface area contributed by atoms with Crippen LogP contribution in [0.4, 0.5) is 0 Å². The van der Waals surface area contributed by atoms with Gasteiger partial charge in [-0.1, -0.05) is 13.3 Å². The Bertz CT molecular complexity index is 184. The molecule has 0 atom stereocenters. The van der Waals surface area contributed by atoms with Crippen molar-refractivity contribution in [3.8, 4) is 0 Å². The molecule has 2 fully saturated rings. The molecule has 2 saturated heterocycles. The summed E-state index contributed by atoms with van der Waals surface area (Å²) in [6.45, 7) is 13.1. The van der Waals surface area contributed by atoms with Gasteiger partial charge in [0.05, 0.1) is 13.2 Å². The van der Waals surface area contributed by atoms with E-state index in [-0.39, 0.29) is 0 Å². The van der Waals surface area contributed by atoms with E-state index in [9.17, 15) is 0 Å². The monoisotopic (exact) mass is 225 g/mol. The minimum atomic E-state index is 0.889. The second-order valence-electron chi connectivity index (χ2n) is 5.03. The van der Waals surface area contributed by atoms with E-state index in [2.05, 4.69) is 16.7 Å². The normalized spacial score (nSPS) is 26.1. The van der Waals surface area contributed by atoms with Crippen LogP contribution in [0.1, 0.15) is 19.3 Å². The highest BCUT2D eigenvalue weighted by atomic mass is 16.5. The van der Waals surface area contributed by atoms with Crippen molar-refractivity contribution in [3.63, 3.8) is 0 Å². The van der Waals surface area contributed by atoms with Gasteiger partial charge >= 0.3 is 0 Å². The van der Waals surface area contributed by atoms with Crippen LogP contribution in [0, 0.1) is 12.8 Å². The molecule has 0 amide bonds. The lowest BCUT2D eigenvalue weighted by molar-refractivity contribution is 0.0314. The molecule has 93 valence electrons. The highest BCUT2D eigenvalue weighted by molar-refractivity contribution is 4.74. The summed E-state index contributed by atoms with van der Waals surface area (Å²) in [6, 6.07) is 0. The van der Waals surface area contributed by atoms with Crippen LogP contribution in [-0.4, -0.2) is 62.3 Å². The number of piperidine rings is 1. The summed E-state index contributed by atoms with van der Waals surface area (Å²) in [7, 11) is 0. The maximum absolute atomic E-state index is 5.36. The summed E-state index contributed by atoms with van der Waals surface area (Å²) in [5.41, 5.74) is 0. The Labute approximate surface area is 99.7 Å². The first-order chi connectivity index (χ1) is 7.88. The van der Waals surface area contributed by atoms with Crippen LogP contribution < -0.4 is 0 Å². The first-order valence-electron chi connectivity index (χ1n) is 6.70. The van der Waals surface area contributed by atoms with Crippen molar-refractivity contribution in [2.75, 3.05) is 52.5 Å². The largest absolute Gasteiger partial charge is 0.379 e. The third-order valence-corrected chi connectivity index (χ3v) is 3.95. The molecule has 16 heavy (non-hydrogen) atoms. The quantitative estimate of drug-likeness (QED) is 0.716. The SMILES string of the molecule is [CH2]CC1CCN(CCN2CCOCC2)CC1. The zero-order valence-corrected chi connectivity index (χ0v) is 10.4. The number of nitrogens with zero attached hydrogens (tertiary/aromatic N) is 2. The molecule has 2 aliphatic heterocycles. The standard InChI is InChI=1S/C13H25N2O/c1-2-13-3-5-14(6-4-13)7-8-15-9-11-16-12-10-15/h13H,1-12H2. The van der Waals surface area contributed by atoms with Gasteiger partial charge in [-0.2, -0.15) is 0 Å². The predicted octanol–water partition coefficient (Wildman–Crippen LogP) is 1.25. The average Bonchev–Trinajstić information content (AvgIpc) is 2.38. The van der Waals surface area contributed by atoms with Crippen LogP contribution in [0.25, 0.3) is 0 Å². The van der Waals surface area contributed by atoms with Gasteiger partial charge in [-0.15, -0.1) is 0 Å². The van der Waals surface area contributed by atoms with Gasteiger partial charge in [0.15, 0.2) is 0 Å². The molecule has 0 aliphatic carbocycles.